The van der Waals surface area contributed by atoms with Crippen LogP contribution in [0.2, 0.25) is 0 Å². The largest absolute Gasteiger partial charge is 0.331 e. The fraction of sp³-hybridized carbons (Fsp3) is 0.588. The van der Waals surface area contributed by atoms with Gasteiger partial charge in [0, 0.05) is 18.8 Å². The van der Waals surface area contributed by atoms with Gasteiger partial charge in [-0.3, -0.25) is 0 Å². The van der Waals surface area contributed by atoms with E-state index in [2.05, 4.69) is 24.4 Å². The first-order valence-electron chi connectivity index (χ1n) is 8.01. The summed E-state index contributed by atoms with van der Waals surface area (Å²) in [5, 5.41) is 2.94. The summed E-state index contributed by atoms with van der Waals surface area (Å²) in [4.78, 5) is 14.0. The van der Waals surface area contributed by atoms with Gasteiger partial charge in [0.25, 0.3) is 0 Å². The maximum absolute atomic E-state index is 12.4. The van der Waals surface area contributed by atoms with E-state index < -0.39 is 9.84 Å². The predicted octanol–water partition coefficient (Wildman–Crippen LogP) is 2.77. The lowest BCUT2D eigenvalue weighted by atomic mass is 10.1. The molecule has 6 heteroatoms. The van der Waals surface area contributed by atoms with E-state index in [0.717, 1.165) is 12.0 Å². The zero-order chi connectivity index (χ0) is 17.6. The molecule has 0 heterocycles. The van der Waals surface area contributed by atoms with Crippen molar-refractivity contribution in [3.8, 4) is 0 Å². The fourth-order valence-corrected chi connectivity index (χ4v) is 3.63. The van der Waals surface area contributed by atoms with Crippen LogP contribution in [-0.4, -0.2) is 43.9 Å². The first-order chi connectivity index (χ1) is 10.7. The highest BCUT2D eigenvalue weighted by molar-refractivity contribution is 7.90. The van der Waals surface area contributed by atoms with E-state index in [0.29, 0.717) is 6.54 Å². The molecular weight excluding hydrogens is 312 g/mol. The van der Waals surface area contributed by atoms with E-state index in [1.165, 1.54) is 11.8 Å². The molecule has 0 spiro atoms. The van der Waals surface area contributed by atoms with Crippen molar-refractivity contribution in [2.45, 2.75) is 46.2 Å². The van der Waals surface area contributed by atoms with Crippen LogP contribution in [-0.2, 0) is 16.3 Å². The molecule has 0 aliphatic heterocycles. The van der Waals surface area contributed by atoms with Crippen molar-refractivity contribution in [3.05, 3.63) is 35.4 Å². The van der Waals surface area contributed by atoms with Crippen LogP contribution in [0.15, 0.2) is 24.3 Å². The Kier molecular flexibility index (Phi) is 7.06. The molecule has 0 unspecified atom stereocenters. The van der Waals surface area contributed by atoms with Crippen LogP contribution >= 0.6 is 0 Å². The molecule has 23 heavy (non-hydrogen) atoms. The minimum atomic E-state index is -3.12. The van der Waals surface area contributed by atoms with Crippen molar-refractivity contribution in [1.82, 2.24) is 10.2 Å². The van der Waals surface area contributed by atoms with Crippen molar-refractivity contribution in [3.63, 3.8) is 0 Å². The number of nitrogens with one attached hydrogen (secondary N) is 1. The average molecular weight is 340 g/mol. The van der Waals surface area contributed by atoms with Gasteiger partial charge < -0.3 is 10.2 Å². The molecule has 5 nitrogen and oxygen atoms in total. The summed E-state index contributed by atoms with van der Waals surface area (Å²) in [6.07, 6.45) is 2.17. The Morgan fingerprint density at radius 1 is 1.17 bits per heavy atom. The number of rotatable bonds is 7. The molecule has 0 saturated heterocycles. The monoisotopic (exact) mass is 340 g/mol. The molecule has 1 aromatic carbocycles. The van der Waals surface area contributed by atoms with E-state index in [4.69, 9.17) is 0 Å². The van der Waals surface area contributed by atoms with E-state index in [1.807, 2.05) is 26.0 Å². The topological polar surface area (TPSA) is 66.5 Å². The molecule has 0 saturated carbocycles. The van der Waals surface area contributed by atoms with Crippen molar-refractivity contribution in [1.29, 1.82) is 0 Å². The van der Waals surface area contributed by atoms with E-state index in [9.17, 15) is 13.2 Å². The van der Waals surface area contributed by atoms with E-state index >= 15 is 0 Å². The highest BCUT2D eigenvalue weighted by atomic mass is 32.2. The molecule has 1 rings (SSSR count). The second-order valence-electron chi connectivity index (χ2n) is 5.99. The molecule has 2 atom stereocenters. The maximum Gasteiger partial charge on any atom is 0.318 e. The summed E-state index contributed by atoms with van der Waals surface area (Å²) in [6.45, 7) is 8.09. The van der Waals surface area contributed by atoms with Crippen molar-refractivity contribution in [2.75, 3.05) is 18.6 Å². The average Bonchev–Trinajstić information content (AvgIpc) is 2.46. The first kappa shape index (κ1) is 19.5. The van der Waals surface area contributed by atoms with Gasteiger partial charge >= 0.3 is 6.03 Å². The molecule has 0 radical (unpaired) electrons. The lowest BCUT2D eigenvalue weighted by molar-refractivity contribution is 0.184. The summed E-state index contributed by atoms with van der Waals surface area (Å²) in [5.41, 5.74) is 2.28. The summed E-state index contributed by atoms with van der Waals surface area (Å²) in [6, 6.07) is 7.41. The number of hydrogen-bond donors (Lipinski definition) is 1. The summed E-state index contributed by atoms with van der Waals surface area (Å²) in [7, 11) is -3.12. The third kappa shape index (κ3) is 6.22. The molecule has 0 fully saturated rings. The Morgan fingerprint density at radius 2 is 1.74 bits per heavy atom. The highest BCUT2D eigenvalue weighted by Gasteiger charge is 2.23. The molecular formula is C17H28N2O3S. The molecule has 2 amide bonds. The van der Waals surface area contributed by atoms with Crippen LogP contribution in [0, 0.1) is 0 Å². The fourth-order valence-electron chi connectivity index (χ4n) is 2.58. The number of benzene rings is 1. The number of urea groups is 1. The molecule has 1 aromatic rings. The Morgan fingerprint density at radius 3 is 2.17 bits per heavy atom. The molecule has 0 bridgehead atoms. The highest BCUT2D eigenvalue weighted by Crippen LogP contribution is 2.15. The lowest BCUT2D eigenvalue weighted by Gasteiger charge is -2.29. The molecule has 0 aliphatic carbocycles. The summed E-state index contributed by atoms with van der Waals surface area (Å²) in [5.74, 6) is -0.0339. The van der Waals surface area contributed by atoms with Crippen LogP contribution in [0.1, 0.15) is 44.9 Å². The van der Waals surface area contributed by atoms with Gasteiger partial charge in [-0.2, -0.15) is 0 Å². The number of carbonyl (C=O) groups excluding carboxylic acids is 1. The van der Waals surface area contributed by atoms with Gasteiger partial charge in [-0.05, 0) is 38.3 Å². The van der Waals surface area contributed by atoms with Crippen molar-refractivity contribution in [2.24, 2.45) is 0 Å². The maximum atomic E-state index is 12.4. The van der Waals surface area contributed by atoms with Gasteiger partial charge in [-0.25, -0.2) is 13.2 Å². The minimum Gasteiger partial charge on any atom is -0.331 e. The summed E-state index contributed by atoms with van der Waals surface area (Å²) < 4.78 is 22.9. The normalized spacial score (nSPS) is 14.1. The third-order valence-electron chi connectivity index (χ3n) is 3.91. The number of nitrogens with zero attached hydrogens (tertiary/aromatic N) is 1. The summed E-state index contributed by atoms with van der Waals surface area (Å²) >= 11 is 0. The van der Waals surface area contributed by atoms with Gasteiger partial charge in [-0.15, -0.1) is 0 Å². The second kappa shape index (κ2) is 8.34. The van der Waals surface area contributed by atoms with Gasteiger partial charge in [0.1, 0.15) is 9.84 Å². The molecule has 0 aliphatic rings. The zero-order valence-electron chi connectivity index (χ0n) is 14.7. The molecule has 0 aromatic heterocycles. The van der Waals surface area contributed by atoms with E-state index in [1.54, 1.807) is 11.8 Å². The Hall–Kier alpha value is -1.56. The smallest absolute Gasteiger partial charge is 0.318 e. The van der Waals surface area contributed by atoms with Gasteiger partial charge in [0.05, 0.1) is 11.8 Å². The molecule has 1 N–H and O–H groups in total. The van der Waals surface area contributed by atoms with Gasteiger partial charge in [0.2, 0.25) is 0 Å². The number of amides is 2. The third-order valence-corrected chi connectivity index (χ3v) is 4.99. The number of aryl methyl sites for hydroxylation is 1. The van der Waals surface area contributed by atoms with Crippen LogP contribution < -0.4 is 5.32 Å². The molecule has 130 valence electrons. The second-order valence-corrected chi connectivity index (χ2v) is 8.18. The SMILES string of the molecule is CCc1ccc([C@H](C)NC(=O)N(CC)[C@H](C)CS(C)(=O)=O)cc1. The number of sulfone groups is 1. The Bertz CT molecular complexity index is 611. The van der Waals surface area contributed by atoms with Crippen molar-refractivity contribution >= 4 is 15.9 Å². The number of hydrogen-bond acceptors (Lipinski definition) is 3. The van der Waals surface area contributed by atoms with Crippen LogP contribution in [0.25, 0.3) is 0 Å². The van der Waals surface area contributed by atoms with Crippen LogP contribution in [0.3, 0.4) is 0 Å². The van der Waals surface area contributed by atoms with Crippen LogP contribution in [0.4, 0.5) is 4.79 Å². The van der Waals surface area contributed by atoms with Gasteiger partial charge in [-0.1, -0.05) is 31.2 Å². The zero-order valence-corrected chi connectivity index (χ0v) is 15.5. The predicted molar refractivity (Wildman–Crippen MR) is 94.3 cm³/mol. The van der Waals surface area contributed by atoms with Crippen LogP contribution in [0.5, 0.6) is 0 Å². The van der Waals surface area contributed by atoms with Gasteiger partial charge in [0.15, 0.2) is 0 Å². The Labute approximate surface area is 140 Å². The standard InChI is InChI=1S/C17H28N2O3S/c1-6-15-8-10-16(11-9-15)14(4)18-17(20)19(7-2)13(3)12-23(5,21)22/h8-11,13-14H,6-7,12H2,1-5H3,(H,18,20)/t13-,14+/m1/s1. The quantitative estimate of drug-likeness (QED) is 0.830. The van der Waals surface area contributed by atoms with Crippen molar-refractivity contribution < 1.29 is 13.2 Å². The first-order valence-corrected chi connectivity index (χ1v) is 10.1. The Balaban J connectivity index is 2.74. The minimum absolute atomic E-state index is 0.0339. The lowest BCUT2D eigenvalue weighted by Crippen LogP contribution is -2.47. The number of carbonyl (C=O) groups is 1. The van der Waals surface area contributed by atoms with E-state index in [-0.39, 0.29) is 23.9 Å².